The van der Waals surface area contributed by atoms with Gasteiger partial charge in [-0.1, -0.05) is 23.7 Å². The zero-order valence-electron chi connectivity index (χ0n) is 16.3. The number of fused-ring (bicyclic) bond motifs is 1. The predicted octanol–water partition coefficient (Wildman–Crippen LogP) is 6.18. The van der Waals surface area contributed by atoms with Crippen LogP contribution in [0.1, 0.15) is 12.5 Å². The molecule has 2 N–H and O–H groups in total. The highest BCUT2D eigenvalue weighted by Gasteiger charge is 2.08. The Hall–Kier alpha value is -3.38. The molecule has 0 fully saturated rings. The van der Waals surface area contributed by atoms with Crippen molar-refractivity contribution in [2.75, 3.05) is 17.2 Å². The number of nitrogens with zero attached hydrogens (tertiary/aromatic N) is 2. The van der Waals surface area contributed by atoms with Crippen LogP contribution >= 0.6 is 11.6 Å². The molecule has 152 valence electrons. The molecule has 5 nitrogen and oxygen atoms in total. The molecule has 0 saturated carbocycles. The van der Waals surface area contributed by atoms with Crippen molar-refractivity contribution in [3.63, 3.8) is 0 Å². The Morgan fingerprint density at radius 2 is 1.87 bits per heavy atom. The van der Waals surface area contributed by atoms with E-state index >= 15 is 0 Å². The number of hydrogen-bond acceptors (Lipinski definition) is 5. The first kappa shape index (κ1) is 19.9. The van der Waals surface area contributed by atoms with Crippen LogP contribution in [0.3, 0.4) is 0 Å². The Kier molecular flexibility index (Phi) is 5.95. The maximum Gasteiger partial charge on any atom is 0.141 e. The Labute approximate surface area is 178 Å². The van der Waals surface area contributed by atoms with Gasteiger partial charge < -0.3 is 15.4 Å². The minimum atomic E-state index is -0.295. The quantitative estimate of drug-likeness (QED) is 0.372. The summed E-state index contributed by atoms with van der Waals surface area (Å²) in [5.74, 6) is 0.911. The molecule has 0 amide bonds. The second-order valence-corrected chi connectivity index (χ2v) is 7.08. The fourth-order valence-electron chi connectivity index (χ4n) is 3.09. The third-order valence-corrected chi connectivity index (χ3v) is 4.79. The predicted molar refractivity (Wildman–Crippen MR) is 119 cm³/mol. The molecule has 30 heavy (non-hydrogen) atoms. The monoisotopic (exact) mass is 422 g/mol. The number of ether oxygens (including phenoxy) is 1. The first-order valence-electron chi connectivity index (χ1n) is 9.55. The highest BCUT2D eigenvalue weighted by atomic mass is 35.5. The fraction of sp³-hybridized carbons (Fsp3) is 0.130. The zero-order chi connectivity index (χ0) is 20.9. The summed E-state index contributed by atoms with van der Waals surface area (Å²) in [6.45, 7) is 3.10. The van der Waals surface area contributed by atoms with Crippen LogP contribution in [0.2, 0.25) is 5.02 Å². The number of hydrogen-bond donors (Lipinski definition) is 2. The van der Waals surface area contributed by atoms with Gasteiger partial charge in [0.15, 0.2) is 0 Å². The van der Waals surface area contributed by atoms with E-state index in [0.717, 1.165) is 34.4 Å². The second kappa shape index (κ2) is 8.97. The minimum absolute atomic E-state index is 0.230. The van der Waals surface area contributed by atoms with Crippen LogP contribution in [0, 0.1) is 5.82 Å². The maximum absolute atomic E-state index is 13.3. The van der Waals surface area contributed by atoms with E-state index in [2.05, 4.69) is 20.6 Å². The average Bonchev–Trinajstić information content (AvgIpc) is 2.74. The fourth-order valence-corrected chi connectivity index (χ4v) is 3.33. The summed E-state index contributed by atoms with van der Waals surface area (Å²) in [5.41, 5.74) is 3.35. The highest BCUT2D eigenvalue weighted by molar-refractivity contribution is 6.32. The molecule has 0 spiro atoms. The Balaban J connectivity index is 1.53. The van der Waals surface area contributed by atoms with Gasteiger partial charge in [0.2, 0.25) is 0 Å². The Morgan fingerprint density at radius 3 is 2.67 bits per heavy atom. The van der Waals surface area contributed by atoms with Crippen molar-refractivity contribution in [1.29, 1.82) is 0 Å². The van der Waals surface area contributed by atoms with Gasteiger partial charge in [0.05, 0.1) is 10.5 Å². The lowest BCUT2D eigenvalue weighted by molar-refractivity contribution is 0.306. The van der Waals surface area contributed by atoms with E-state index in [1.807, 2.05) is 31.2 Å². The molecule has 0 atom stereocenters. The number of anilines is 3. The van der Waals surface area contributed by atoms with Crippen molar-refractivity contribution < 1.29 is 9.13 Å². The summed E-state index contributed by atoms with van der Waals surface area (Å²) in [6.07, 6.45) is 1.52. The summed E-state index contributed by atoms with van der Waals surface area (Å²) < 4.78 is 19.0. The lowest BCUT2D eigenvalue weighted by atomic mass is 10.2. The molecule has 3 aromatic carbocycles. The summed E-state index contributed by atoms with van der Waals surface area (Å²) >= 11 is 6.40. The molecule has 0 bridgehead atoms. The van der Waals surface area contributed by atoms with Crippen LogP contribution in [0.25, 0.3) is 10.9 Å². The van der Waals surface area contributed by atoms with Gasteiger partial charge in [-0.05, 0) is 61.0 Å². The zero-order valence-corrected chi connectivity index (χ0v) is 17.1. The molecule has 1 aromatic heterocycles. The van der Waals surface area contributed by atoms with Gasteiger partial charge in [-0.3, -0.25) is 0 Å². The van der Waals surface area contributed by atoms with Crippen molar-refractivity contribution in [3.8, 4) is 5.75 Å². The topological polar surface area (TPSA) is 59.1 Å². The SMILES string of the molecule is CCNc1ccc2ncnc(Nc3ccc(OCc4cccc(F)c4)c(Cl)c3)c2c1. The number of benzene rings is 3. The van der Waals surface area contributed by atoms with Crippen molar-refractivity contribution >= 4 is 39.7 Å². The Morgan fingerprint density at radius 1 is 1.00 bits per heavy atom. The van der Waals surface area contributed by atoms with Gasteiger partial charge in [-0.15, -0.1) is 0 Å². The molecule has 0 aliphatic rings. The number of nitrogens with one attached hydrogen (secondary N) is 2. The molecular weight excluding hydrogens is 403 g/mol. The van der Waals surface area contributed by atoms with Crippen molar-refractivity contribution in [2.24, 2.45) is 0 Å². The first-order valence-corrected chi connectivity index (χ1v) is 9.92. The second-order valence-electron chi connectivity index (χ2n) is 6.67. The molecule has 0 unspecified atom stereocenters. The van der Waals surface area contributed by atoms with Gasteiger partial charge in [0.1, 0.15) is 30.3 Å². The van der Waals surface area contributed by atoms with Gasteiger partial charge in [-0.2, -0.15) is 0 Å². The van der Waals surface area contributed by atoms with Crippen LogP contribution < -0.4 is 15.4 Å². The number of halogens is 2. The van der Waals surface area contributed by atoms with Crippen LogP contribution in [0.15, 0.2) is 67.0 Å². The molecule has 0 saturated heterocycles. The van der Waals surface area contributed by atoms with Gasteiger partial charge in [0.25, 0.3) is 0 Å². The van der Waals surface area contributed by atoms with E-state index in [0.29, 0.717) is 16.6 Å². The minimum Gasteiger partial charge on any atom is -0.487 e. The van der Waals surface area contributed by atoms with Crippen LogP contribution in [-0.2, 0) is 6.61 Å². The Bertz CT molecular complexity index is 1180. The summed E-state index contributed by atoms with van der Waals surface area (Å²) in [4.78, 5) is 8.70. The molecule has 0 aliphatic heterocycles. The molecular formula is C23H20ClFN4O. The van der Waals surface area contributed by atoms with Crippen LogP contribution in [-0.4, -0.2) is 16.5 Å². The first-order chi connectivity index (χ1) is 14.6. The molecule has 4 rings (SSSR count). The van der Waals surface area contributed by atoms with E-state index in [1.165, 1.54) is 18.5 Å². The molecule has 4 aromatic rings. The van der Waals surface area contributed by atoms with Crippen molar-refractivity contribution in [3.05, 3.63) is 83.4 Å². The third-order valence-electron chi connectivity index (χ3n) is 4.49. The van der Waals surface area contributed by atoms with E-state index in [1.54, 1.807) is 24.3 Å². The van der Waals surface area contributed by atoms with Gasteiger partial charge in [0, 0.05) is 23.3 Å². The normalized spacial score (nSPS) is 10.8. The lowest BCUT2D eigenvalue weighted by Crippen LogP contribution is -2.00. The van der Waals surface area contributed by atoms with Crippen LogP contribution in [0.4, 0.5) is 21.6 Å². The number of aromatic nitrogens is 2. The summed E-state index contributed by atoms with van der Waals surface area (Å²) in [7, 11) is 0. The van der Waals surface area contributed by atoms with E-state index in [-0.39, 0.29) is 12.4 Å². The van der Waals surface area contributed by atoms with E-state index in [4.69, 9.17) is 16.3 Å². The standard InChI is InChI=1S/C23H20ClFN4O/c1-2-26-17-6-8-21-19(11-17)23(28-14-27-21)29-18-7-9-22(20(24)12-18)30-13-15-4-3-5-16(25)10-15/h3-12,14,26H,2,13H2,1H3,(H,27,28,29). The van der Waals surface area contributed by atoms with E-state index < -0.39 is 0 Å². The molecule has 7 heteroatoms. The summed E-state index contributed by atoms with van der Waals surface area (Å²) in [5, 5.41) is 7.94. The molecule has 0 aliphatic carbocycles. The van der Waals surface area contributed by atoms with Gasteiger partial charge in [-0.25, -0.2) is 14.4 Å². The highest BCUT2D eigenvalue weighted by Crippen LogP contribution is 2.31. The smallest absolute Gasteiger partial charge is 0.141 e. The van der Waals surface area contributed by atoms with E-state index in [9.17, 15) is 4.39 Å². The van der Waals surface area contributed by atoms with Crippen molar-refractivity contribution in [1.82, 2.24) is 9.97 Å². The maximum atomic E-state index is 13.3. The largest absolute Gasteiger partial charge is 0.487 e. The molecule has 0 radical (unpaired) electrons. The number of rotatable bonds is 7. The summed E-state index contributed by atoms with van der Waals surface area (Å²) in [6, 6.07) is 17.6. The van der Waals surface area contributed by atoms with Crippen molar-refractivity contribution in [2.45, 2.75) is 13.5 Å². The van der Waals surface area contributed by atoms with Gasteiger partial charge >= 0.3 is 0 Å². The lowest BCUT2D eigenvalue weighted by Gasteiger charge is -2.12. The third kappa shape index (κ3) is 4.60. The average molecular weight is 423 g/mol. The van der Waals surface area contributed by atoms with Crippen LogP contribution in [0.5, 0.6) is 5.75 Å². The molecule has 1 heterocycles.